The summed E-state index contributed by atoms with van der Waals surface area (Å²) in [6.07, 6.45) is 0. The van der Waals surface area contributed by atoms with Crippen LogP contribution in [0.25, 0.3) is 0 Å². The van der Waals surface area contributed by atoms with Gasteiger partial charge in [-0.3, -0.25) is 0 Å². The maximum Gasteiger partial charge on any atom is 0.341 e. The summed E-state index contributed by atoms with van der Waals surface area (Å²) in [5.41, 5.74) is -0.0712. The zero-order chi connectivity index (χ0) is 10.7. The minimum atomic E-state index is -0.688. The molecule has 0 aromatic heterocycles. The molecule has 0 aliphatic carbocycles. The molecular formula is C9H7NO3S. The second-order valence-corrected chi connectivity index (χ2v) is 2.94. The van der Waals surface area contributed by atoms with E-state index in [9.17, 15) is 9.90 Å². The lowest BCUT2D eigenvalue weighted by Crippen LogP contribution is -2.02. The third-order valence-corrected chi connectivity index (χ3v) is 2.05. The Kier molecular flexibility index (Phi) is 2.99. The van der Waals surface area contributed by atoms with Gasteiger partial charge in [-0.2, -0.15) is 5.26 Å². The first-order valence-corrected chi connectivity index (χ1v) is 4.10. The standard InChI is InChI=1S/C9H7NO3S/c1-13-9(12)5-2-3-7(14)6(4-10)8(5)11/h2-3,11,14H,1H3. The van der Waals surface area contributed by atoms with Crippen molar-refractivity contribution < 1.29 is 14.6 Å². The number of hydrogen-bond donors (Lipinski definition) is 2. The number of ether oxygens (including phenoxy) is 1. The van der Waals surface area contributed by atoms with Gasteiger partial charge < -0.3 is 9.84 Å². The lowest BCUT2D eigenvalue weighted by Gasteiger charge is -2.05. The van der Waals surface area contributed by atoms with Crippen LogP contribution in [-0.2, 0) is 4.74 Å². The van der Waals surface area contributed by atoms with Gasteiger partial charge in [-0.15, -0.1) is 12.6 Å². The van der Waals surface area contributed by atoms with Crippen LogP contribution >= 0.6 is 12.6 Å². The summed E-state index contributed by atoms with van der Waals surface area (Å²) >= 11 is 3.96. The quantitative estimate of drug-likeness (QED) is 0.541. The fraction of sp³-hybridized carbons (Fsp3) is 0.111. The molecule has 0 amide bonds. The van der Waals surface area contributed by atoms with Crippen molar-refractivity contribution in [2.75, 3.05) is 7.11 Å². The highest BCUT2D eigenvalue weighted by atomic mass is 32.1. The van der Waals surface area contributed by atoms with Crippen LogP contribution in [-0.4, -0.2) is 18.2 Å². The monoisotopic (exact) mass is 209 g/mol. The SMILES string of the molecule is COC(=O)c1ccc(S)c(C#N)c1O. The number of carbonyl (C=O) groups excluding carboxylic acids is 1. The molecule has 1 aromatic carbocycles. The van der Waals surface area contributed by atoms with Gasteiger partial charge in [-0.05, 0) is 12.1 Å². The van der Waals surface area contributed by atoms with Crippen molar-refractivity contribution in [3.63, 3.8) is 0 Å². The summed E-state index contributed by atoms with van der Waals surface area (Å²) in [5.74, 6) is -1.08. The fourth-order valence-corrected chi connectivity index (χ4v) is 1.20. The minimum absolute atomic E-state index is 0.0313. The number of phenols is 1. The highest BCUT2D eigenvalue weighted by Crippen LogP contribution is 2.27. The molecule has 0 bridgehead atoms. The molecule has 14 heavy (non-hydrogen) atoms. The molecular weight excluding hydrogens is 202 g/mol. The second kappa shape index (κ2) is 4.03. The number of aromatic hydroxyl groups is 1. The van der Waals surface area contributed by atoms with E-state index in [1.165, 1.54) is 19.2 Å². The zero-order valence-electron chi connectivity index (χ0n) is 7.31. The van der Waals surface area contributed by atoms with E-state index in [4.69, 9.17) is 5.26 Å². The molecule has 0 saturated heterocycles. The predicted octanol–water partition coefficient (Wildman–Crippen LogP) is 1.34. The summed E-state index contributed by atoms with van der Waals surface area (Å²) in [5, 5.41) is 18.2. The van der Waals surface area contributed by atoms with Gasteiger partial charge in [0.05, 0.1) is 7.11 Å². The second-order valence-electron chi connectivity index (χ2n) is 2.46. The van der Waals surface area contributed by atoms with E-state index < -0.39 is 11.7 Å². The van der Waals surface area contributed by atoms with Gasteiger partial charge in [0.25, 0.3) is 0 Å². The normalized spacial score (nSPS) is 9.21. The molecule has 4 nitrogen and oxygen atoms in total. The minimum Gasteiger partial charge on any atom is -0.506 e. The smallest absolute Gasteiger partial charge is 0.341 e. The number of rotatable bonds is 1. The van der Waals surface area contributed by atoms with Crippen molar-refractivity contribution in [3.05, 3.63) is 23.3 Å². The highest BCUT2D eigenvalue weighted by molar-refractivity contribution is 7.80. The fourth-order valence-electron chi connectivity index (χ4n) is 0.965. The molecule has 72 valence electrons. The topological polar surface area (TPSA) is 70.3 Å². The number of carbonyl (C=O) groups is 1. The maximum atomic E-state index is 11.1. The van der Waals surface area contributed by atoms with Gasteiger partial charge in [0.1, 0.15) is 22.9 Å². The van der Waals surface area contributed by atoms with E-state index in [1.54, 1.807) is 6.07 Å². The number of thiol groups is 1. The van der Waals surface area contributed by atoms with Gasteiger partial charge in [0.2, 0.25) is 0 Å². The summed E-state index contributed by atoms with van der Waals surface area (Å²) in [6.45, 7) is 0. The number of nitrogens with zero attached hydrogens (tertiary/aromatic N) is 1. The van der Waals surface area contributed by atoms with E-state index >= 15 is 0 Å². The Morgan fingerprint density at radius 1 is 1.64 bits per heavy atom. The predicted molar refractivity (Wildman–Crippen MR) is 51.4 cm³/mol. The molecule has 0 unspecified atom stereocenters. The molecule has 0 atom stereocenters. The van der Waals surface area contributed by atoms with E-state index in [0.717, 1.165) is 0 Å². The van der Waals surface area contributed by atoms with Crippen LogP contribution in [0.1, 0.15) is 15.9 Å². The third-order valence-electron chi connectivity index (χ3n) is 1.67. The van der Waals surface area contributed by atoms with Crippen LogP contribution in [0.4, 0.5) is 0 Å². The molecule has 0 fully saturated rings. The molecule has 0 radical (unpaired) electrons. The van der Waals surface area contributed by atoms with E-state index in [-0.39, 0.29) is 11.1 Å². The number of benzene rings is 1. The average Bonchev–Trinajstić information content (AvgIpc) is 2.18. The van der Waals surface area contributed by atoms with Gasteiger partial charge in [0.15, 0.2) is 0 Å². The first-order valence-electron chi connectivity index (χ1n) is 3.65. The van der Waals surface area contributed by atoms with Crippen molar-refractivity contribution in [1.82, 2.24) is 0 Å². The third kappa shape index (κ3) is 1.65. The Labute approximate surface area is 86.1 Å². The summed E-state index contributed by atoms with van der Waals surface area (Å²) in [6, 6.07) is 4.55. The van der Waals surface area contributed by atoms with E-state index in [2.05, 4.69) is 17.4 Å². The van der Waals surface area contributed by atoms with Crippen LogP contribution in [0.2, 0.25) is 0 Å². The molecule has 0 spiro atoms. The van der Waals surface area contributed by atoms with Crippen molar-refractivity contribution in [2.24, 2.45) is 0 Å². The van der Waals surface area contributed by atoms with Crippen LogP contribution in [0.3, 0.4) is 0 Å². The molecule has 1 rings (SSSR count). The van der Waals surface area contributed by atoms with Crippen molar-refractivity contribution in [3.8, 4) is 11.8 Å². The molecule has 1 N–H and O–H groups in total. The summed E-state index contributed by atoms with van der Waals surface area (Å²) in [4.78, 5) is 11.4. The van der Waals surface area contributed by atoms with Gasteiger partial charge in [-0.25, -0.2) is 4.79 Å². The summed E-state index contributed by atoms with van der Waals surface area (Å²) in [7, 11) is 1.20. The van der Waals surface area contributed by atoms with Crippen molar-refractivity contribution in [1.29, 1.82) is 5.26 Å². The van der Waals surface area contributed by atoms with Crippen LogP contribution in [0, 0.1) is 11.3 Å². The molecule has 0 heterocycles. The van der Waals surface area contributed by atoms with Crippen LogP contribution in [0.5, 0.6) is 5.75 Å². The lowest BCUT2D eigenvalue weighted by molar-refractivity contribution is 0.0597. The average molecular weight is 209 g/mol. The van der Waals surface area contributed by atoms with Gasteiger partial charge >= 0.3 is 5.97 Å². The highest BCUT2D eigenvalue weighted by Gasteiger charge is 2.16. The lowest BCUT2D eigenvalue weighted by atomic mass is 10.1. The Morgan fingerprint density at radius 2 is 2.29 bits per heavy atom. The molecule has 5 heteroatoms. The first kappa shape index (κ1) is 10.4. The number of phenolic OH excluding ortho intramolecular Hbond substituents is 1. The number of methoxy groups -OCH3 is 1. The Hall–Kier alpha value is -1.67. The van der Waals surface area contributed by atoms with Crippen LogP contribution < -0.4 is 0 Å². The molecule has 0 aliphatic rings. The molecule has 0 aliphatic heterocycles. The Morgan fingerprint density at radius 3 is 2.79 bits per heavy atom. The molecule has 1 aromatic rings. The van der Waals surface area contributed by atoms with E-state index in [1.807, 2.05) is 0 Å². The van der Waals surface area contributed by atoms with Gasteiger partial charge in [-0.1, -0.05) is 0 Å². The number of nitriles is 1. The number of hydrogen-bond acceptors (Lipinski definition) is 5. The van der Waals surface area contributed by atoms with Crippen LogP contribution in [0.15, 0.2) is 17.0 Å². The van der Waals surface area contributed by atoms with Crippen molar-refractivity contribution >= 4 is 18.6 Å². The first-order chi connectivity index (χ1) is 6.61. The Bertz CT molecular complexity index is 423. The number of esters is 1. The summed E-state index contributed by atoms with van der Waals surface area (Å²) < 4.78 is 4.42. The largest absolute Gasteiger partial charge is 0.506 e. The zero-order valence-corrected chi connectivity index (χ0v) is 8.21. The molecule has 0 saturated carbocycles. The van der Waals surface area contributed by atoms with Crippen molar-refractivity contribution in [2.45, 2.75) is 4.90 Å². The maximum absolute atomic E-state index is 11.1. The Balaban J connectivity index is 3.37. The van der Waals surface area contributed by atoms with E-state index in [0.29, 0.717) is 4.90 Å². The van der Waals surface area contributed by atoms with Gasteiger partial charge in [0, 0.05) is 4.90 Å².